The molecular formula is C68H80B2N4S4. The van der Waals surface area contributed by atoms with Crippen molar-refractivity contribution in [2.24, 2.45) is 17.8 Å². The summed E-state index contributed by atoms with van der Waals surface area (Å²) in [6.07, 6.45) is 12.7. The van der Waals surface area contributed by atoms with Crippen LogP contribution in [0, 0.1) is 17.8 Å². The van der Waals surface area contributed by atoms with Crippen LogP contribution in [0.5, 0.6) is 0 Å². The largest absolute Gasteiger partial charge is 0.371 e. The minimum Gasteiger partial charge on any atom is -0.371 e. The molecule has 0 aromatic heterocycles. The molecule has 0 spiro atoms. The fraction of sp³-hybridized carbons (Fsp3) is 0.471. The van der Waals surface area contributed by atoms with Crippen molar-refractivity contribution in [2.45, 2.75) is 189 Å². The number of benzene rings is 6. The Morgan fingerprint density at radius 3 is 1.26 bits per heavy atom. The summed E-state index contributed by atoms with van der Waals surface area (Å²) in [5.41, 5.74) is 17.7. The van der Waals surface area contributed by atoms with Crippen molar-refractivity contribution in [1.82, 2.24) is 0 Å². The minimum atomic E-state index is 0.0376. The SMILES string of the molecule is CC1CCN(c2ccc3c(c2)Sc2cc(C(C)(C)CC4CCN(c5ccc6c(c5)Sc5cc(C(C)(C)C)cc7c5B6c5ccc(N6CCCCC6C)cc5S7)C(C)C4)cc4c2B3c2ccc(N3CCC(C)CC3)cc2S4)CC1. The third kappa shape index (κ3) is 9.37. The number of rotatable bonds is 7. The molecule has 0 saturated carbocycles. The van der Waals surface area contributed by atoms with Gasteiger partial charge in [0.25, 0.3) is 0 Å². The number of nitrogens with zero attached hydrogens (tertiary/aromatic N) is 4. The van der Waals surface area contributed by atoms with Crippen LogP contribution in [0.1, 0.15) is 138 Å². The summed E-state index contributed by atoms with van der Waals surface area (Å²) < 4.78 is 0. The van der Waals surface area contributed by atoms with Gasteiger partial charge < -0.3 is 19.6 Å². The Morgan fingerprint density at radius 1 is 0.423 bits per heavy atom. The van der Waals surface area contributed by atoms with E-state index in [-0.39, 0.29) is 24.3 Å². The lowest BCUT2D eigenvalue weighted by molar-refractivity contribution is 0.278. The van der Waals surface area contributed by atoms with E-state index in [1.807, 2.05) is 23.5 Å². The Bertz CT molecular complexity index is 3240. The quantitative estimate of drug-likeness (QED) is 0.145. The number of hydrogen-bond acceptors (Lipinski definition) is 8. The second kappa shape index (κ2) is 20.2. The summed E-state index contributed by atoms with van der Waals surface area (Å²) in [6, 6.07) is 41.6. The van der Waals surface area contributed by atoms with Gasteiger partial charge in [-0.25, -0.2) is 0 Å². The zero-order valence-corrected chi connectivity index (χ0v) is 51.3. The summed E-state index contributed by atoms with van der Waals surface area (Å²) in [7, 11) is 0. The second-order valence-corrected chi connectivity index (χ2v) is 31.4. The first-order chi connectivity index (χ1) is 37.6. The summed E-state index contributed by atoms with van der Waals surface area (Å²) >= 11 is 8.18. The Labute approximate surface area is 486 Å². The molecule has 8 heterocycles. The predicted molar refractivity (Wildman–Crippen MR) is 342 cm³/mol. The monoisotopic (exact) mass is 1100 g/mol. The Hall–Kier alpha value is -3.95. The molecule has 4 nitrogen and oxygen atoms in total. The molecule has 6 aromatic carbocycles. The first-order valence-corrected chi connectivity index (χ1v) is 33.5. The van der Waals surface area contributed by atoms with Crippen LogP contribution in [-0.4, -0.2) is 64.8 Å². The standard InChI is InChI=1S/C68H80B2N4S4/c1-42-21-27-71(28-22-42)49-13-17-53-57(37-49)75-63-35-48(36-64-66(63)69(53)54-18-14-50(38-58(54)76-64)72-29-23-43(2)24-30-72)68(8,9)41-46-25-31-74(45(4)32-46)52-16-20-56-60(40-52)78-62-34-47(67(5,6)7)33-61-65(62)70(56)55-19-15-51(39-59(55)77-61)73-26-11-10-12-44(73)3/h13-20,33-40,42-46H,10-12,21-32,41H2,1-9H3. The van der Waals surface area contributed by atoms with Gasteiger partial charge in [-0.2, -0.15) is 0 Å². The van der Waals surface area contributed by atoms with Gasteiger partial charge in [-0.15, -0.1) is 0 Å². The highest BCUT2D eigenvalue weighted by molar-refractivity contribution is 8.02. The third-order valence-corrected chi connectivity index (χ3v) is 24.6. The molecule has 0 radical (unpaired) electrons. The van der Waals surface area contributed by atoms with Crippen LogP contribution in [-0.2, 0) is 10.8 Å². The van der Waals surface area contributed by atoms with E-state index in [9.17, 15) is 0 Å². The smallest absolute Gasteiger partial charge is 0.247 e. The van der Waals surface area contributed by atoms with E-state index in [1.165, 1.54) is 165 Å². The van der Waals surface area contributed by atoms with Crippen molar-refractivity contribution in [3.63, 3.8) is 0 Å². The molecule has 0 amide bonds. The average Bonchev–Trinajstić information content (AvgIpc) is 3.51. The van der Waals surface area contributed by atoms with Gasteiger partial charge >= 0.3 is 0 Å². The van der Waals surface area contributed by atoms with Crippen molar-refractivity contribution in [1.29, 1.82) is 0 Å². The van der Waals surface area contributed by atoms with Crippen molar-refractivity contribution >= 4 is 116 Å². The molecule has 3 unspecified atom stereocenters. The van der Waals surface area contributed by atoms with Crippen LogP contribution < -0.4 is 52.4 Å². The zero-order valence-electron chi connectivity index (χ0n) is 48.0. The third-order valence-electron chi connectivity index (χ3n) is 20.1. The molecule has 4 saturated heterocycles. The highest BCUT2D eigenvalue weighted by Gasteiger charge is 2.43. The van der Waals surface area contributed by atoms with Gasteiger partial charge in [0.15, 0.2) is 0 Å². The Balaban J connectivity index is 0.737. The molecular weight excluding hydrogens is 1020 g/mol. The van der Waals surface area contributed by atoms with Gasteiger partial charge in [0, 0.05) is 113 Å². The molecule has 0 aliphatic carbocycles. The number of hydrogen-bond donors (Lipinski definition) is 0. The molecule has 78 heavy (non-hydrogen) atoms. The normalized spacial score (nSPS) is 22.1. The van der Waals surface area contributed by atoms with E-state index in [2.05, 4.69) is 202 Å². The lowest BCUT2D eigenvalue weighted by Crippen LogP contribution is -2.58. The van der Waals surface area contributed by atoms with Crippen LogP contribution >= 0.6 is 47.0 Å². The fourth-order valence-corrected chi connectivity index (χ4v) is 20.3. The number of anilines is 4. The molecule has 0 bridgehead atoms. The molecule has 8 aliphatic heterocycles. The molecule has 6 aromatic rings. The fourth-order valence-electron chi connectivity index (χ4n) is 15.2. The van der Waals surface area contributed by atoms with Crippen LogP contribution in [0.25, 0.3) is 0 Å². The van der Waals surface area contributed by atoms with Gasteiger partial charge in [0.05, 0.1) is 0 Å². The summed E-state index contributed by atoms with van der Waals surface area (Å²) in [5, 5.41) is 0. The lowest BCUT2D eigenvalue weighted by atomic mass is 9.36. The van der Waals surface area contributed by atoms with Crippen molar-refractivity contribution in [3.8, 4) is 0 Å². The molecule has 402 valence electrons. The predicted octanol–water partition coefficient (Wildman–Crippen LogP) is 13.7. The van der Waals surface area contributed by atoms with E-state index < -0.39 is 0 Å². The van der Waals surface area contributed by atoms with E-state index in [0.717, 1.165) is 51.1 Å². The molecule has 8 aliphatic rings. The Kier molecular flexibility index (Phi) is 13.5. The first-order valence-electron chi connectivity index (χ1n) is 30.3. The van der Waals surface area contributed by atoms with Gasteiger partial charge in [-0.1, -0.05) is 142 Å². The second-order valence-electron chi connectivity index (χ2n) is 27.1. The van der Waals surface area contributed by atoms with Crippen molar-refractivity contribution in [2.75, 3.05) is 58.9 Å². The average molecular weight is 1100 g/mol. The number of piperidine rings is 4. The maximum absolute atomic E-state index is 2.76. The van der Waals surface area contributed by atoms with Crippen molar-refractivity contribution in [3.05, 3.63) is 108 Å². The van der Waals surface area contributed by atoms with Gasteiger partial charge in [0.2, 0.25) is 13.4 Å². The zero-order chi connectivity index (χ0) is 53.4. The first kappa shape index (κ1) is 52.1. The summed E-state index contributed by atoms with van der Waals surface area (Å²) in [5.74, 6) is 2.31. The lowest BCUT2D eigenvalue weighted by Gasteiger charge is -2.43. The van der Waals surface area contributed by atoms with Crippen LogP contribution in [0.2, 0.25) is 0 Å². The van der Waals surface area contributed by atoms with Crippen LogP contribution in [0.4, 0.5) is 22.7 Å². The van der Waals surface area contributed by atoms with E-state index in [4.69, 9.17) is 0 Å². The Morgan fingerprint density at radius 2 is 0.833 bits per heavy atom. The maximum atomic E-state index is 2.76. The van der Waals surface area contributed by atoms with E-state index in [0.29, 0.717) is 18.0 Å². The highest BCUT2D eigenvalue weighted by atomic mass is 32.2. The van der Waals surface area contributed by atoms with Gasteiger partial charge in [-0.05, 0) is 201 Å². The molecule has 14 rings (SSSR count). The molecule has 0 N–H and O–H groups in total. The van der Waals surface area contributed by atoms with Crippen LogP contribution in [0.15, 0.2) is 136 Å². The molecule has 10 heteroatoms. The molecule has 3 atom stereocenters. The summed E-state index contributed by atoms with van der Waals surface area (Å²) in [6.45, 7) is 29.5. The maximum Gasteiger partial charge on any atom is 0.247 e. The van der Waals surface area contributed by atoms with Gasteiger partial charge in [0.1, 0.15) is 0 Å². The molecule has 4 fully saturated rings. The highest BCUT2D eigenvalue weighted by Crippen LogP contribution is 2.47. The van der Waals surface area contributed by atoms with Crippen LogP contribution in [0.3, 0.4) is 0 Å². The summed E-state index contributed by atoms with van der Waals surface area (Å²) in [4.78, 5) is 22.4. The van der Waals surface area contributed by atoms with Crippen molar-refractivity contribution < 1.29 is 0 Å². The minimum absolute atomic E-state index is 0.0376. The van der Waals surface area contributed by atoms with E-state index in [1.54, 1.807) is 5.46 Å². The topological polar surface area (TPSA) is 13.0 Å². The van der Waals surface area contributed by atoms with Gasteiger partial charge in [-0.3, -0.25) is 0 Å². The number of fused-ring (bicyclic) bond motifs is 8. The van der Waals surface area contributed by atoms with E-state index >= 15 is 0 Å².